The summed E-state index contributed by atoms with van der Waals surface area (Å²) in [5, 5.41) is 3.47. The Balaban J connectivity index is 1.39. The summed E-state index contributed by atoms with van der Waals surface area (Å²) in [5.74, 6) is 0.324. The first-order valence-electron chi connectivity index (χ1n) is 9.26. The summed E-state index contributed by atoms with van der Waals surface area (Å²) < 4.78 is 0. The minimum atomic E-state index is 0.324. The lowest BCUT2D eigenvalue weighted by Crippen LogP contribution is -2.36. The van der Waals surface area contributed by atoms with Crippen LogP contribution < -0.4 is 5.32 Å². The molecule has 1 atom stereocenters. The minimum Gasteiger partial charge on any atom is -0.340 e. The Morgan fingerprint density at radius 3 is 2.76 bits per heavy atom. The second-order valence-corrected chi connectivity index (χ2v) is 6.70. The minimum absolute atomic E-state index is 0.324. The van der Waals surface area contributed by atoms with Crippen LogP contribution in [0.15, 0.2) is 54.9 Å². The summed E-state index contributed by atoms with van der Waals surface area (Å²) in [7, 11) is 0. The van der Waals surface area contributed by atoms with E-state index in [1.165, 1.54) is 11.1 Å². The van der Waals surface area contributed by atoms with Gasteiger partial charge in [0.15, 0.2) is 0 Å². The maximum Gasteiger partial charge on any atom is 0.222 e. The highest BCUT2D eigenvalue weighted by atomic mass is 16.2. The fraction of sp³-hybridized carbons (Fsp3) is 0.429. The van der Waals surface area contributed by atoms with Crippen molar-refractivity contribution in [2.75, 3.05) is 13.1 Å². The molecule has 1 N–H and O–H groups in total. The van der Waals surface area contributed by atoms with Gasteiger partial charge in [-0.25, -0.2) is 0 Å². The normalized spacial score (nSPS) is 17.2. The number of nitrogens with zero attached hydrogens (tertiary/aromatic N) is 2. The van der Waals surface area contributed by atoms with Gasteiger partial charge in [0.25, 0.3) is 0 Å². The van der Waals surface area contributed by atoms with Crippen molar-refractivity contribution < 1.29 is 4.79 Å². The van der Waals surface area contributed by atoms with Gasteiger partial charge < -0.3 is 10.2 Å². The monoisotopic (exact) mass is 337 g/mol. The zero-order valence-corrected chi connectivity index (χ0v) is 14.7. The number of likely N-dealkylation sites (tertiary alicyclic amines) is 1. The van der Waals surface area contributed by atoms with Crippen molar-refractivity contribution in [2.24, 2.45) is 0 Å². The maximum absolute atomic E-state index is 12.2. The van der Waals surface area contributed by atoms with Gasteiger partial charge in [0, 0.05) is 37.9 Å². The van der Waals surface area contributed by atoms with Gasteiger partial charge in [0.1, 0.15) is 0 Å². The molecule has 0 aliphatic carbocycles. The average molecular weight is 337 g/mol. The van der Waals surface area contributed by atoms with Crippen LogP contribution in [0, 0.1) is 0 Å². The molecule has 1 amide bonds. The summed E-state index contributed by atoms with van der Waals surface area (Å²) in [6.07, 6.45) is 8.49. The molecule has 0 bridgehead atoms. The van der Waals surface area contributed by atoms with Crippen molar-refractivity contribution in [3.05, 3.63) is 66.0 Å². The Morgan fingerprint density at radius 1 is 1.12 bits per heavy atom. The lowest BCUT2D eigenvalue weighted by Gasteiger charge is -2.25. The second-order valence-electron chi connectivity index (χ2n) is 6.70. The number of aromatic nitrogens is 1. The number of hydrogen-bond acceptors (Lipinski definition) is 3. The van der Waals surface area contributed by atoms with Gasteiger partial charge in [-0.2, -0.15) is 0 Å². The topological polar surface area (TPSA) is 45.2 Å². The number of carbonyl (C=O) groups excluding carboxylic acids is 1. The predicted molar refractivity (Wildman–Crippen MR) is 100 cm³/mol. The van der Waals surface area contributed by atoms with E-state index in [1.54, 1.807) is 6.20 Å². The van der Waals surface area contributed by atoms with Crippen LogP contribution in [0.3, 0.4) is 0 Å². The number of pyridine rings is 1. The highest BCUT2D eigenvalue weighted by Crippen LogP contribution is 2.21. The summed E-state index contributed by atoms with van der Waals surface area (Å²) in [6.45, 7) is 2.64. The first-order valence-corrected chi connectivity index (χ1v) is 9.26. The van der Waals surface area contributed by atoms with Gasteiger partial charge in [-0.05, 0) is 49.4 Å². The Morgan fingerprint density at radius 2 is 1.96 bits per heavy atom. The van der Waals surface area contributed by atoms with Gasteiger partial charge in [0.2, 0.25) is 5.91 Å². The Hall–Kier alpha value is -2.20. The molecule has 132 valence electrons. The van der Waals surface area contributed by atoms with Crippen LogP contribution in [0.4, 0.5) is 0 Å². The SMILES string of the molecule is O=C1CC[C@H](CCNCc2cccnc2)N1CCCc1ccccc1. The zero-order chi connectivity index (χ0) is 17.3. The van der Waals surface area contributed by atoms with Gasteiger partial charge in [-0.15, -0.1) is 0 Å². The highest BCUT2D eigenvalue weighted by molar-refractivity contribution is 5.78. The van der Waals surface area contributed by atoms with Gasteiger partial charge in [-0.1, -0.05) is 36.4 Å². The lowest BCUT2D eigenvalue weighted by atomic mass is 10.1. The van der Waals surface area contributed by atoms with Crippen molar-refractivity contribution in [3.8, 4) is 0 Å². The number of amides is 1. The molecule has 1 aliphatic rings. The molecule has 4 heteroatoms. The number of carbonyl (C=O) groups is 1. The van der Waals surface area contributed by atoms with Crippen LogP contribution >= 0.6 is 0 Å². The van der Waals surface area contributed by atoms with Crippen LogP contribution in [0.1, 0.15) is 36.8 Å². The van der Waals surface area contributed by atoms with Crippen molar-refractivity contribution in [3.63, 3.8) is 0 Å². The number of hydrogen-bond donors (Lipinski definition) is 1. The second kappa shape index (κ2) is 9.33. The van der Waals surface area contributed by atoms with E-state index in [0.717, 1.165) is 45.3 Å². The van der Waals surface area contributed by atoms with Crippen LogP contribution in [0.5, 0.6) is 0 Å². The first kappa shape index (κ1) is 17.6. The summed E-state index contributed by atoms with van der Waals surface area (Å²) in [5.41, 5.74) is 2.55. The lowest BCUT2D eigenvalue weighted by molar-refractivity contribution is -0.129. The Kier molecular flexibility index (Phi) is 6.57. The molecular formula is C21H27N3O. The highest BCUT2D eigenvalue weighted by Gasteiger charge is 2.29. The first-order chi connectivity index (χ1) is 12.3. The zero-order valence-electron chi connectivity index (χ0n) is 14.7. The molecule has 3 rings (SSSR count). The van der Waals surface area contributed by atoms with Crippen LogP contribution in [0.25, 0.3) is 0 Å². The van der Waals surface area contributed by atoms with E-state index in [1.807, 2.05) is 18.3 Å². The fourth-order valence-electron chi connectivity index (χ4n) is 3.50. The molecule has 4 nitrogen and oxygen atoms in total. The van der Waals surface area contributed by atoms with E-state index in [-0.39, 0.29) is 0 Å². The molecule has 0 saturated carbocycles. The number of rotatable bonds is 9. The molecule has 2 heterocycles. The smallest absolute Gasteiger partial charge is 0.222 e. The Bertz CT molecular complexity index is 645. The quantitative estimate of drug-likeness (QED) is 0.715. The number of nitrogens with one attached hydrogen (secondary N) is 1. The van der Waals surface area contributed by atoms with E-state index < -0.39 is 0 Å². The summed E-state index contributed by atoms with van der Waals surface area (Å²) >= 11 is 0. The molecular weight excluding hydrogens is 310 g/mol. The molecule has 1 saturated heterocycles. The van der Waals surface area contributed by atoms with Crippen molar-refractivity contribution in [1.29, 1.82) is 0 Å². The van der Waals surface area contributed by atoms with Crippen molar-refractivity contribution in [1.82, 2.24) is 15.2 Å². The molecule has 1 aromatic carbocycles. The maximum atomic E-state index is 12.2. The molecule has 0 unspecified atom stereocenters. The third-order valence-corrected chi connectivity index (χ3v) is 4.87. The summed E-state index contributed by atoms with van der Waals surface area (Å²) in [4.78, 5) is 18.4. The number of aryl methyl sites for hydroxylation is 1. The molecule has 1 fully saturated rings. The van der Waals surface area contributed by atoms with E-state index in [9.17, 15) is 4.79 Å². The number of benzene rings is 1. The molecule has 25 heavy (non-hydrogen) atoms. The fourth-order valence-corrected chi connectivity index (χ4v) is 3.50. The van der Waals surface area contributed by atoms with Crippen molar-refractivity contribution in [2.45, 2.75) is 44.7 Å². The molecule has 2 aromatic rings. The van der Waals surface area contributed by atoms with Crippen LogP contribution in [0.2, 0.25) is 0 Å². The largest absolute Gasteiger partial charge is 0.340 e. The van der Waals surface area contributed by atoms with Gasteiger partial charge >= 0.3 is 0 Å². The standard InChI is InChI=1S/C21H27N3O/c25-21-11-10-20(12-14-23-17-19-8-4-13-22-16-19)24(21)15-5-9-18-6-2-1-3-7-18/h1-4,6-8,13,16,20,23H,5,9-12,14-15,17H2/t20-/m1/s1. The predicted octanol–water partition coefficient (Wildman–Crippen LogP) is 3.19. The molecule has 0 spiro atoms. The third kappa shape index (κ3) is 5.40. The summed E-state index contributed by atoms with van der Waals surface area (Å²) in [6, 6.07) is 14.9. The molecule has 0 radical (unpaired) electrons. The van der Waals surface area contributed by atoms with E-state index in [2.05, 4.69) is 45.5 Å². The third-order valence-electron chi connectivity index (χ3n) is 4.87. The molecule has 1 aliphatic heterocycles. The Labute approximate surface area is 150 Å². The van der Waals surface area contributed by atoms with E-state index >= 15 is 0 Å². The van der Waals surface area contributed by atoms with Crippen LogP contribution in [-0.2, 0) is 17.8 Å². The molecule has 1 aromatic heterocycles. The van der Waals surface area contributed by atoms with E-state index in [0.29, 0.717) is 18.4 Å². The van der Waals surface area contributed by atoms with E-state index in [4.69, 9.17) is 0 Å². The van der Waals surface area contributed by atoms with Crippen LogP contribution in [-0.4, -0.2) is 34.9 Å². The van der Waals surface area contributed by atoms with Crippen molar-refractivity contribution >= 4 is 5.91 Å². The van der Waals surface area contributed by atoms with Gasteiger partial charge in [-0.3, -0.25) is 9.78 Å². The van der Waals surface area contributed by atoms with Gasteiger partial charge in [0.05, 0.1) is 0 Å². The average Bonchev–Trinajstić information content (AvgIpc) is 3.01.